The quantitative estimate of drug-likeness (QED) is 0.700. The van der Waals surface area contributed by atoms with Gasteiger partial charge in [0.05, 0.1) is 23.8 Å². The number of carbonyl (C=O) groups excluding carboxylic acids is 1. The van der Waals surface area contributed by atoms with E-state index in [2.05, 4.69) is 17.0 Å². The normalized spacial score (nSPS) is 20.3. The summed E-state index contributed by atoms with van der Waals surface area (Å²) < 4.78 is 11.0. The maximum absolute atomic E-state index is 12.8. The first kappa shape index (κ1) is 19.8. The zero-order chi connectivity index (χ0) is 20.4. The molecule has 0 N–H and O–H groups in total. The molecule has 2 aromatic rings. The molecule has 152 valence electrons. The largest absolute Gasteiger partial charge is 0.466 e. The summed E-state index contributed by atoms with van der Waals surface area (Å²) in [4.78, 5) is 22.3. The van der Waals surface area contributed by atoms with Gasteiger partial charge in [-0.25, -0.2) is 4.99 Å². The second kappa shape index (κ2) is 8.47. The van der Waals surface area contributed by atoms with E-state index in [1.807, 2.05) is 45.0 Å². The van der Waals surface area contributed by atoms with Crippen LogP contribution in [0.4, 0.5) is 11.4 Å². The molecule has 0 atom stereocenters. The molecule has 0 radical (unpaired) electrons. The van der Waals surface area contributed by atoms with E-state index in [-0.39, 0.29) is 5.91 Å². The Morgan fingerprint density at radius 1 is 1.17 bits per heavy atom. The highest BCUT2D eigenvalue weighted by molar-refractivity contribution is 8.18. The number of benzene rings is 1. The van der Waals surface area contributed by atoms with Gasteiger partial charge >= 0.3 is 0 Å². The second-order valence-corrected chi connectivity index (χ2v) is 8.05. The minimum absolute atomic E-state index is 0.0144. The molecule has 4 rings (SSSR count). The number of hydrogen-bond acceptors (Lipinski definition) is 6. The highest BCUT2D eigenvalue weighted by Gasteiger charge is 2.32. The van der Waals surface area contributed by atoms with Crippen LogP contribution in [0.3, 0.4) is 0 Å². The van der Waals surface area contributed by atoms with Crippen LogP contribution in [-0.4, -0.2) is 48.8 Å². The molecule has 1 amide bonds. The van der Waals surface area contributed by atoms with Gasteiger partial charge in [-0.3, -0.25) is 9.69 Å². The number of likely N-dealkylation sites (N-methyl/N-ethyl adjacent to an activating group) is 1. The molecule has 2 aliphatic heterocycles. The number of aliphatic imine (C=N–C) groups is 1. The number of nitrogens with zero attached hydrogens (tertiary/aromatic N) is 3. The van der Waals surface area contributed by atoms with E-state index in [1.54, 1.807) is 4.90 Å². The molecule has 29 heavy (non-hydrogen) atoms. The lowest BCUT2D eigenvalue weighted by atomic mass is 10.2. The molecule has 2 aliphatic rings. The van der Waals surface area contributed by atoms with Crippen LogP contribution in [0, 0.1) is 13.8 Å². The van der Waals surface area contributed by atoms with Crippen LogP contribution in [0.5, 0.6) is 0 Å². The molecule has 7 heteroatoms. The van der Waals surface area contributed by atoms with Crippen molar-refractivity contribution in [2.24, 2.45) is 4.99 Å². The molecule has 6 nitrogen and oxygen atoms in total. The third-order valence-electron chi connectivity index (χ3n) is 5.02. The molecule has 0 saturated carbocycles. The summed E-state index contributed by atoms with van der Waals surface area (Å²) in [6.45, 7) is 9.70. The molecule has 1 aromatic heterocycles. The Labute approximate surface area is 175 Å². The van der Waals surface area contributed by atoms with Gasteiger partial charge in [0.25, 0.3) is 5.91 Å². The average Bonchev–Trinajstić information content (AvgIpc) is 3.20. The highest BCUT2D eigenvalue weighted by atomic mass is 32.2. The van der Waals surface area contributed by atoms with Crippen molar-refractivity contribution in [3.05, 3.63) is 52.3 Å². The summed E-state index contributed by atoms with van der Waals surface area (Å²) >= 11 is 1.41. The van der Waals surface area contributed by atoms with Crippen LogP contribution in [-0.2, 0) is 9.53 Å². The average molecular weight is 412 g/mol. The second-order valence-electron chi connectivity index (χ2n) is 7.04. The maximum atomic E-state index is 12.8. The third-order valence-corrected chi connectivity index (χ3v) is 6.03. The van der Waals surface area contributed by atoms with Gasteiger partial charge in [0.2, 0.25) is 0 Å². The number of morpholine rings is 1. The van der Waals surface area contributed by atoms with E-state index in [4.69, 9.17) is 14.1 Å². The van der Waals surface area contributed by atoms with Crippen molar-refractivity contribution >= 4 is 40.3 Å². The first-order valence-corrected chi connectivity index (χ1v) is 10.7. The smallest absolute Gasteiger partial charge is 0.266 e. The van der Waals surface area contributed by atoms with Crippen molar-refractivity contribution < 1.29 is 13.9 Å². The molecule has 0 bridgehead atoms. The van der Waals surface area contributed by atoms with Gasteiger partial charge in [0, 0.05) is 30.9 Å². The number of rotatable bonds is 4. The fraction of sp³-hybridized carbons (Fsp3) is 0.364. The van der Waals surface area contributed by atoms with Gasteiger partial charge in [0.15, 0.2) is 5.17 Å². The molecule has 3 heterocycles. The summed E-state index contributed by atoms with van der Waals surface area (Å²) in [6, 6.07) is 10.1. The van der Waals surface area contributed by atoms with Crippen molar-refractivity contribution in [3.8, 4) is 0 Å². The zero-order valence-electron chi connectivity index (χ0n) is 17.0. The minimum Gasteiger partial charge on any atom is -0.466 e. The van der Waals surface area contributed by atoms with Crippen LogP contribution < -0.4 is 4.90 Å². The molecule has 0 spiro atoms. The molecular formula is C22H25N3O3S. The van der Waals surface area contributed by atoms with Crippen molar-refractivity contribution in [2.75, 3.05) is 37.7 Å². The summed E-state index contributed by atoms with van der Waals surface area (Å²) in [5.74, 6) is 1.64. The van der Waals surface area contributed by atoms with Crippen LogP contribution in [0.15, 0.2) is 44.6 Å². The Morgan fingerprint density at radius 2 is 1.90 bits per heavy atom. The lowest BCUT2D eigenvalue weighted by Crippen LogP contribution is -2.36. The predicted octanol–water partition coefficient (Wildman–Crippen LogP) is 4.36. The fourth-order valence-corrected chi connectivity index (χ4v) is 4.53. The summed E-state index contributed by atoms with van der Waals surface area (Å²) in [7, 11) is 0. The van der Waals surface area contributed by atoms with Crippen molar-refractivity contribution in [2.45, 2.75) is 20.8 Å². The van der Waals surface area contributed by atoms with E-state index in [9.17, 15) is 4.79 Å². The van der Waals surface area contributed by atoms with Crippen LogP contribution in [0.25, 0.3) is 6.08 Å². The van der Waals surface area contributed by atoms with Crippen molar-refractivity contribution in [1.29, 1.82) is 0 Å². The first-order chi connectivity index (χ1) is 14.0. The number of amidine groups is 1. The SMILES string of the molecule is CCN1C(=O)/C(=C/c2cc(C)oc2C)SC1=Nc1ccc(N2CCOCC2)cc1. The molecule has 0 unspecified atom stereocenters. The summed E-state index contributed by atoms with van der Waals surface area (Å²) in [6.07, 6.45) is 1.89. The van der Waals surface area contributed by atoms with Crippen LogP contribution >= 0.6 is 11.8 Å². The number of furan rings is 1. The van der Waals surface area contributed by atoms with E-state index in [0.29, 0.717) is 16.6 Å². The molecule has 0 aliphatic carbocycles. The van der Waals surface area contributed by atoms with Crippen LogP contribution in [0.2, 0.25) is 0 Å². The van der Waals surface area contributed by atoms with Gasteiger partial charge in [-0.2, -0.15) is 0 Å². The molecule has 2 fully saturated rings. The summed E-state index contributed by atoms with van der Waals surface area (Å²) in [5, 5.41) is 0.709. The Bertz CT molecular complexity index is 956. The Hall–Kier alpha value is -2.51. The zero-order valence-corrected chi connectivity index (χ0v) is 17.8. The van der Waals surface area contributed by atoms with Crippen molar-refractivity contribution in [1.82, 2.24) is 4.90 Å². The van der Waals surface area contributed by atoms with Crippen LogP contribution in [0.1, 0.15) is 24.0 Å². The van der Waals surface area contributed by atoms with Gasteiger partial charge in [-0.05, 0) is 68.9 Å². The molecular weight excluding hydrogens is 386 g/mol. The van der Waals surface area contributed by atoms with Gasteiger partial charge in [-0.15, -0.1) is 0 Å². The Morgan fingerprint density at radius 3 is 2.52 bits per heavy atom. The topological polar surface area (TPSA) is 58.3 Å². The van der Waals surface area contributed by atoms with Gasteiger partial charge in [0.1, 0.15) is 11.5 Å². The number of hydrogen-bond donors (Lipinski definition) is 0. The summed E-state index contributed by atoms with van der Waals surface area (Å²) in [5.41, 5.74) is 2.95. The highest BCUT2D eigenvalue weighted by Crippen LogP contribution is 2.35. The van der Waals surface area contributed by atoms with Crippen molar-refractivity contribution in [3.63, 3.8) is 0 Å². The number of aryl methyl sites for hydroxylation is 2. The Kier molecular flexibility index (Phi) is 5.78. The predicted molar refractivity (Wildman–Crippen MR) is 118 cm³/mol. The lowest BCUT2D eigenvalue weighted by Gasteiger charge is -2.28. The maximum Gasteiger partial charge on any atom is 0.266 e. The number of ether oxygens (including phenoxy) is 1. The number of carbonyl (C=O) groups is 1. The first-order valence-electron chi connectivity index (χ1n) is 9.85. The number of amides is 1. The fourth-order valence-electron chi connectivity index (χ4n) is 3.48. The minimum atomic E-state index is -0.0144. The molecule has 1 aromatic carbocycles. The van der Waals surface area contributed by atoms with E-state index in [1.165, 1.54) is 17.4 Å². The lowest BCUT2D eigenvalue weighted by molar-refractivity contribution is -0.122. The standard InChI is InChI=1S/C22H25N3O3S/c1-4-25-21(26)20(14-17-13-15(2)28-16(17)3)29-22(25)23-18-5-7-19(8-6-18)24-9-11-27-12-10-24/h5-8,13-14H,4,9-12H2,1-3H3/b20-14-,23-22?. The number of anilines is 1. The Balaban J connectivity index is 1.56. The molecule has 2 saturated heterocycles. The van der Waals surface area contributed by atoms with E-state index < -0.39 is 0 Å². The van der Waals surface area contributed by atoms with E-state index >= 15 is 0 Å². The van der Waals surface area contributed by atoms with Gasteiger partial charge < -0.3 is 14.1 Å². The number of thioether (sulfide) groups is 1. The monoisotopic (exact) mass is 411 g/mol. The van der Waals surface area contributed by atoms with E-state index in [0.717, 1.165) is 49.1 Å². The third kappa shape index (κ3) is 4.26. The van der Waals surface area contributed by atoms with Gasteiger partial charge in [-0.1, -0.05) is 0 Å².